The molecule has 280 valence electrons. The van der Waals surface area contributed by atoms with Gasteiger partial charge in [0, 0.05) is 33.1 Å². The molecule has 0 amide bonds. The summed E-state index contributed by atoms with van der Waals surface area (Å²) < 4.78 is 0. The molecule has 0 aromatic heterocycles. The van der Waals surface area contributed by atoms with Crippen LogP contribution in [-0.2, 0) is 5.41 Å². The molecule has 0 N–H and O–H groups in total. The van der Waals surface area contributed by atoms with Crippen molar-refractivity contribution in [3.63, 3.8) is 0 Å². The lowest BCUT2D eigenvalue weighted by atomic mass is 9.73. The molecular weight excluding hydrogens is 713 g/mol. The minimum atomic E-state index is -0.219. The van der Waals surface area contributed by atoms with E-state index < -0.39 is 0 Å². The van der Waals surface area contributed by atoms with Gasteiger partial charge in [0.1, 0.15) is 0 Å². The van der Waals surface area contributed by atoms with Gasteiger partial charge in [-0.05, 0) is 91.8 Å². The lowest BCUT2D eigenvalue weighted by Crippen LogP contribution is -2.31. The largest absolute Gasteiger partial charge is 0.310 e. The van der Waals surface area contributed by atoms with Gasteiger partial charge in [0.2, 0.25) is 0 Å². The predicted octanol–water partition coefficient (Wildman–Crippen LogP) is 16.1. The van der Waals surface area contributed by atoms with Crippen molar-refractivity contribution in [1.82, 2.24) is 0 Å². The van der Waals surface area contributed by atoms with E-state index in [1.54, 1.807) is 0 Å². The van der Waals surface area contributed by atoms with Gasteiger partial charge >= 0.3 is 0 Å². The molecule has 2 heteroatoms. The zero-order chi connectivity index (χ0) is 39.5. The Morgan fingerprint density at radius 3 is 1.71 bits per heavy atom. The summed E-state index contributed by atoms with van der Waals surface area (Å²) in [7, 11) is 0. The summed E-state index contributed by atoms with van der Waals surface area (Å²) in [5, 5.41) is 7.37. The first kappa shape index (κ1) is 34.8. The van der Waals surface area contributed by atoms with E-state index in [0.717, 1.165) is 17.1 Å². The van der Waals surface area contributed by atoms with Crippen LogP contribution in [0.5, 0.6) is 0 Å². The van der Waals surface area contributed by atoms with Crippen molar-refractivity contribution in [2.45, 2.75) is 19.3 Å². The molecule has 1 heterocycles. The first-order valence-electron chi connectivity index (χ1n) is 20.5. The molecule has 0 aliphatic carbocycles. The van der Waals surface area contributed by atoms with Crippen LogP contribution in [0.3, 0.4) is 0 Å². The molecule has 0 atom stereocenters. The van der Waals surface area contributed by atoms with Crippen LogP contribution in [0.15, 0.2) is 218 Å². The van der Waals surface area contributed by atoms with Crippen LogP contribution in [0.25, 0.3) is 54.6 Å². The highest BCUT2D eigenvalue weighted by Gasteiger charge is 2.38. The fourth-order valence-corrected chi connectivity index (χ4v) is 9.52. The first-order valence-corrected chi connectivity index (χ1v) is 20.5. The van der Waals surface area contributed by atoms with Gasteiger partial charge in [-0.25, -0.2) is 0 Å². The molecule has 10 aromatic carbocycles. The number of para-hydroxylation sites is 2. The monoisotopic (exact) mass is 754 g/mol. The van der Waals surface area contributed by atoms with E-state index in [-0.39, 0.29) is 5.41 Å². The third-order valence-corrected chi connectivity index (χ3v) is 12.4. The average Bonchev–Trinajstić information content (AvgIpc) is 3.29. The number of fused-ring (bicyclic) bond motifs is 5. The minimum Gasteiger partial charge on any atom is -0.310 e. The Morgan fingerprint density at radius 1 is 0.373 bits per heavy atom. The van der Waals surface area contributed by atoms with E-state index in [1.165, 1.54) is 82.8 Å². The molecule has 11 rings (SSSR count). The lowest BCUT2D eigenvalue weighted by Gasteiger charge is -2.43. The molecule has 0 spiro atoms. The minimum absolute atomic E-state index is 0.219. The fourth-order valence-electron chi connectivity index (χ4n) is 9.52. The molecule has 0 unspecified atom stereocenters. The summed E-state index contributed by atoms with van der Waals surface area (Å²) in [5.74, 6) is 0. The van der Waals surface area contributed by atoms with Crippen LogP contribution in [-0.4, -0.2) is 0 Å². The summed E-state index contributed by atoms with van der Waals surface area (Å²) in [6.45, 7) is 4.74. The third-order valence-electron chi connectivity index (χ3n) is 12.4. The normalized spacial score (nSPS) is 13.0. The second kappa shape index (κ2) is 13.9. The number of rotatable bonds is 6. The number of benzene rings is 10. The van der Waals surface area contributed by atoms with Gasteiger partial charge in [0.15, 0.2) is 0 Å². The second-order valence-electron chi connectivity index (χ2n) is 16.1. The predicted molar refractivity (Wildman–Crippen MR) is 251 cm³/mol. The first-order chi connectivity index (χ1) is 29.0. The van der Waals surface area contributed by atoms with Crippen molar-refractivity contribution in [3.8, 4) is 22.3 Å². The van der Waals surface area contributed by atoms with Crippen molar-refractivity contribution in [2.75, 3.05) is 9.80 Å². The Labute approximate surface area is 345 Å². The Kier molecular flexibility index (Phi) is 8.20. The standard InChI is InChI=1S/C57H42N2/c1-57(2)51-27-12-13-28-54(51)59(56-48-25-11-8-18-42(48)32-36-50(56)49-26-14-19-40-16-6-9-23-46(40)49)55-38-43(33-37-52(55)57)39-30-34-45(35-31-39)58(44-21-4-3-5-22-44)53-29-15-20-41-17-7-10-24-47(41)53/h3-38H,1-2H3. The smallest absolute Gasteiger partial charge is 0.0618 e. The van der Waals surface area contributed by atoms with Gasteiger partial charge in [0.05, 0.1) is 22.7 Å². The Hall–Kier alpha value is -7.42. The van der Waals surface area contributed by atoms with Gasteiger partial charge < -0.3 is 9.80 Å². The molecule has 0 saturated heterocycles. The van der Waals surface area contributed by atoms with Crippen LogP contribution in [0.4, 0.5) is 34.1 Å². The highest BCUT2D eigenvalue weighted by molar-refractivity contribution is 6.11. The van der Waals surface area contributed by atoms with Crippen molar-refractivity contribution in [3.05, 3.63) is 230 Å². The number of nitrogens with zero attached hydrogens (tertiary/aromatic N) is 2. The van der Waals surface area contributed by atoms with E-state index in [1.807, 2.05) is 0 Å². The van der Waals surface area contributed by atoms with E-state index in [4.69, 9.17) is 0 Å². The van der Waals surface area contributed by atoms with Crippen LogP contribution >= 0.6 is 0 Å². The van der Waals surface area contributed by atoms with E-state index in [9.17, 15) is 0 Å². The zero-order valence-electron chi connectivity index (χ0n) is 33.2. The molecule has 2 nitrogen and oxygen atoms in total. The van der Waals surface area contributed by atoms with Gasteiger partial charge in [-0.1, -0.05) is 190 Å². The SMILES string of the molecule is CC1(C)c2ccccc2N(c2c(-c3cccc4ccccc34)ccc3ccccc23)c2cc(-c3ccc(N(c4ccccc4)c4cccc5ccccc45)cc3)ccc21. The number of hydrogen-bond donors (Lipinski definition) is 0. The molecular formula is C57H42N2. The van der Waals surface area contributed by atoms with Crippen LogP contribution in [0, 0.1) is 0 Å². The van der Waals surface area contributed by atoms with Crippen LogP contribution in [0.1, 0.15) is 25.0 Å². The highest BCUT2D eigenvalue weighted by Crippen LogP contribution is 2.56. The maximum atomic E-state index is 2.56. The molecule has 1 aliphatic rings. The van der Waals surface area contributed by atoms with Gasteiger partial charge in [-0.3, -0.25) is 0 Å². The second-order valence-corrected chi connectivity index (χ2v) is 16.1. The van der Waals surface area contributed by atoms with Crippen LogP contribution in [0.2, 0.25) is 0 Å². The summed E-state index contributed by atoms with van der Waals surface area (Å²) in [6, 6.07) is 80.0. The number of hydrogen-bond acceptors (Lipinski definition) is 2. The summed E-state index contributed by atoms with van der Waals surface area (Å²) in [6.07, 6.45) is 0. The quantitative estimate of drug-likeness (QED) is 0.167. The van der Waals surface area contributed by atoms with Gasteiger partial charge in [-0.2, -0.15) is 0 Å². The highest BCUT2D eigenvalue weighted by atomic mass is 15.2. The molecule has 1 aliphatic heterocycles. The van der Waals surface area contributed by atoms with Crippen molar-refractivity contribution < 1.29 is 0 Å². The third kappa shape index (κ3) is 5.71. The van der Waals surface area contributed by atoms with Gasteiger partial charge in [-0.15, -0.1) is 0 Å². The van der Waals surface area contributed by atoms with Gasteiger partial charge in [0.25, 0.3) is 0 Å². The molecule has 0 radical (unpaired) electrons. The van der Waals surface area contributed by atoms with Crippen LogP contribution < -0.4 is 9.80 Å². The average molecular weight is 755 g/mol. The zero-order valence-corrected chi connectivity index (χ0v) is 33.2. The maximum absolute atomic E-state index is 2.56. The molecule has 10 aromatic rings. The van der Waals surface area contributed by atoms with E-state index in [0.29, 0.717) is 0 Å². The summed E-state index contributed by atoms with van der Waals surface area (Å²) in [5.41, 5.74) is 14.2. The Morgan fingerprint density at radius 2 is 0.932 bits per heavy atom. The van der Waals surface area contributed by atoms with Crippen molar-refractivity contribution in [1.29, 1.82) is 0 Å². The van der Waals surface area contributed by atoms with Crippen molar-refractivity contribution >= 4 is 66.4 Å². The van der Waals surface area contributed by atoms with E-state index >= 15 is 0 Å². The fraction of sp³-hybridized carbons (Fsp3) is 0.0526. The Bertz CT molecular complexity index is 3190. The van der Waals surface area contributed by atoms with Crippen molar-refractivity contribution in [2.24, 2.45) is 0 Å². The molecule has 0 bridgehead atoms. The molecule has 0 fully saturated rings. The summed E-state index contributed by atoms with van der Waals surface area (Å²) in [4.78, 5) is 4.93. The van der Waals surface area contributed by atoms with E-state index in [2.05, 4.69) is 242 Å². The molecule has 0 saturated carbocycles. The molecule has 59 heavy (non-hydrogen) atoms. The topological polar surface area (TPSA) is 6.48 Å². The Balaban J connectivity index is 1.10. The number of anilines is 6. The lowest BCUT2D eigenvalue weighted by molar-refractivity contribution is 0.632. The summed E-state index contributed by atoms with van der Waals surface area (Å²) >= 11 is 0. The maximum Gasteiger partial charge on any atom is 0.0618 e.